The van der Waals surface area contributed by atoms with Crippen LogP contribution in [-0.2, 0) is 18.8 Å². The molecule has 0 saturated heterocycles. The summed E-state index contributed by atoms with van der Waals surface area (Å²) >= 11 is 1.64. The number of carbonyl (C=O) groups is 1. The van der Waals surface area contributed by atoms with Gasteiger partial charge in [0, 0.05) is 24.4 Å². The van der Waals surface area contributed by atoms with E-state index in [9.17, 15) is 4.79 Å². The van der Waals surface area contributed by atoms with Crippen LogP contribution >= 0.6 is 11.8 Å². The van der Waals surface area contributed by atoms with Gasteiger partial charge in [-0.15, -0.1) is 10.2 Å². The predicted molar refractivity (Wildman–Crippen MR) is 110 cm³/mol. The number of ether oxygens (including phenoxy) is 2. The number of hydrogen-bond acceptors (Lipinski definition) is 6. The predicted octanol–water partition coefficient (Wildman–Crippen LogP) is 3.56. The van der Waals surface area contributed by atoms with E-state index in [0.717, 1.165) is 40.2 Å². The Morgan fingerprint density at radius 3 is 2.66 bits per heavy atom. The van der Waals surface area contributed by atoms with Gasteiger partial charge in [0.15, 0.2) is 16.7 Å². The van der Waals surface area contributed by atoms with Crippen LogP contribution in [-0.4, -0.2) is 27.5 Å². The smallest absolute Gasteiger partial charge is 0.251 e. The maximum absolute atomic E-state index is 12.4. The second-order valence-electron chi connectivity index (χ2n) is 6.63. The first-order chi connectivity index (χ1) is 14.1. The Bertz CT molecular complexity index is 1020. The molecule has 0 unspecified atom stereocenters. The van der Waals surface area contributed by atoms with Crippen LogP contribution in [0.15, 0.2) is 47.6 Å². The number of aromatic nitrogens is 3. The summed E-state index contributed by atoms with van der Waals surface area (Å²) in [4.78, 5) is 12.4. The molecule has 0 spiro atoms. The van der Waals surface area contributed by atoms with Crippen molar-refractivity contribution < 1.29 is 14.3 Å². The van der Waals surface area contributed by atoms with E-state index in [1.54, 1.807) is 11.8 Å². The number of nitrogens with zero attached hydrogens (tertiary/aromatic N) is 3. The summed E-state index contributed by atoms with van der Waals surface area (Å²) in [5.41, 5.74) is 2.73. The Hall–Kier alpha value is -3.00. The van der Waals surface area contributed by atoms with E-state index < -0.39 is 0 Å². The third kappa shape index (κ3) is 4.37. The average molecular weight is 410 g/mol. The number of rotatable bonds is 7. The molecule has 0 aliphatic carbocycles. The fourth-order valence-corrected chi connectivity index (χ4v) is 4.07. The fourth-order valence-electron chi connectivity index (χ4n) is 3.07. The lowest BCUT2D eigenvalue weighted by Crippen LogP contribution is -2.22. The van der Waals surface area contributed by atoms with E-state index in [1.807, 2.05) is 49.4 Å². The van der Waals surface area contributed by atoms with Crippen LogP contribution in [0.2, 0.25) is 0 Å². The van der Waals surface area contributed by atoms with Crippen molar-refractivity contribution in [1.29, 1.82) is 0 Å². The van der Waals surface area contributed by atoms with E-state index >= 15 is 0 Å². The normalized spacial score (nSPS) is 12.2. The summed E-state index contributed by atoms with van der Waals surface area (Å²) < 4.78 is 12.8. The third-order valence-electron chi connectivity index (χ3n) is 4.69. The monoisotopic (exact) mass is 410 g/mol. The molecule has 1 amide bonds. The van der Waals surface area contributed by atoms with Gasteiger partial charge in [0.25, 0.3) is 5.91 Å². The van der Waals surface area contributed by atoms with Gasteiger partial charge >= 0.3 is 0 Å². The topological polar surface area (TPSA) is 78.3 Å². The molecule has 1 N–H and O–H groups in total. The Labute approximate surface area is 173 Å². The Morgan fingerprint density at radius 2 is 1.86 bits per heavy atom. The molecular formula is C21H22N4O3S. The molecule has 0 saturated carbocycles. The van der Waals surface area contributed by atoms with Crippen molar-refractivity contribution in [2.75, 3.05) is 6.79 Å². The minimum absolute atomic E-state index is 0.108. The zero-order valence-electron chi connectivity index (χ0n) is 16.3. The minimum Gasteiger partial charge on any atom is -0.454 e. The molecular weight excluding hydrogens is 388 g/mol. The maximum Gasteiger partial charge on any atom is 0.251 e. The zero-order chi connectivity index (χ0) is 20.2. The lowest BCUT2D eigenvalue weighted by Gasteiger charge is -2.08. The van der Waals surface area contributed by atoms with Crippen molar-refractivity contribution in [1.82, 2.24) is 20.1 Å². The van der Waals surface area contributed by atoms with Crippen LogP contribution in [0.25, 0.3) is 0 Å². The van der Waals surface area contributed by atoms with Gasteiger partial charge in [0.2, 0.25) is 6.79 Å². The van der Waals surface area contributed by atoms with Gasteiger partial charge in [-0.3, -0.25) is 4.79 Å². The fraction of sp³-hybridized carbons (Fsp3) is 0.286. The van der Waals surface area contributed by atoms with Crippen LogP contribution in [0.4, 0.5) is 0 Å². The largest absolute Gasteiger partial charge is 0.454 e. The zero-order valence-corrected chi connectivity index (χ0v) is 17.2. The highest BCUT2D eigenvalue weighted by Gasteiger charge is 2.14. The molecule has 0 radical (unpaired) electrons. The highest BCUT2D eigenvalue weighted by Crippen LogP contribution is 2.32. The van der Waals surface area contributed by atoms with Crippen LogP contribution in [0.5, 0.6) is 11.5 Å². The highest BCUT2D eigenvalue weighted by molar-refractivity contribution is 7.98. The van der Waals surface area contributed by atoms with Gasteiger partial charge in [0.05, 0.1) is 0 Å². The van der Waals surface area contributed by atoms with E-state index in [0.29, 0.717) is 17.9 Å². The summed E-state index contributed by atoms with van der Waals surface area (Å²) in [5.74, 6) is 3.04. The molecule has 150 valence electrons. The summed E-state index contributed by atoms with van der Waals surface area (Å²) in [5, 5.41) is 12.2. The number of hydrogen-bond donors (Lipinski definition) is 1. The molecule has 1 aromatic heterocycles. The van der Waals surface area contributed by atoms with Crippen molar-refractivity contribution >= 4 is 17.7 Å². The first kappa shape index (κ1) is 19.3. The molecule has 7 nitrogen and oxygen atoms in total. The van der Waals surface area contributed by atoms with Gasteiger partial charge in [-0.1, -0.05) is 30.0 Å². The van der Waals surface area contributed by atoms with E-state index in [2.05, 4.69) is 27.0 Å². The number of amides is 1. The lowest BCUT2D eigenvalue weighted by atomic mass is 10.1. The summed E-state index contributed by atoms with van der Waals surface area (Å²) in [6.07, 6.45) is 0. The Morgan fingerprint density at radius 1 is 1.10 bits per heavy atom. The summed E-state index contributed by atoms with van der Waals surface area (Å²) in [7, 11) is 0. The van der Waals surface area contributed by atoms with Crippen molar-refractivity contribution in [2.45, 2.75) is 37.8 Å². The molecule has 1 aliphatic heterocycles. The first-order valence-electron chi connectivity index (χ1n) is 9.42. The number of carbonyl (C=O) groups excluding carboxylic acids is 1. The molecule has 29 heavy (non-hydrogen) atoms. The van der Waals surface area contributed by atoms with E-state index in [-0.39, 0.29) is 12.7 Å². The van der Waals surface area contributed by atoms with Crippen LogP contribution in [0, 0.1) is 6.92 Å². The van der Waals surface area contributed by atoms with Crippen LogP contribution < -0.4 is 14.8 Å². The van der Waals surface area contributed by atoms with Gasteiger partial charge in [0.1, 0.15) is 5.82 Å². The van der Waals surface area contributed by atoms with Crippen LogP contribution in [0.3, 0.4) is 0 Å². The standard InChI is InChI=1S/C21H22N4O3S/c1-3-25-14(2)23-24-21(25)29-12-15-4-7-17(8-5-15)20(26)22-11-16-6-9-18-19(10-16)28-13-27-18/h4-10H,3,11-13H2,1-2H3,(H,22,26). The van der Waals surface area contributed by atoms with Gasteiger partial charge in [-0.25, -0.2) is 0 Å². The van der Waals surface area contributed by atoms with Gasteiger partial charge < -0.3 is 19.4 Å². The molecule has 1 aliphatic rings. The Kier molecular flexibility index (Phi) is 5.71. The number of nitrogens with one attached hydrogen (secondary N) is 1. The van der Waals surface area contributed by atoms with E-state index in [4.69, 9.17) is 9.47 Å². The van der Waals surface area contributed by atoms with Crippen molar-refractivity contribution in [2.24, 2.45) is 0 Å². The second kappa shape index (κ2) is 8.57. The van der Waals surface area contributed by atoms with Crippen LogP contribution in [0.1, 0.15) is 34.2 Å². The second-order valence-corrected chi connectivity index (χ2v) is 7.57. The number of thioether (sulfide) groups is 1. The average Bonchev–Trinajstić information content (AvgIpc) is 3.36. The van der Waals surface area contributed by atoms with Crippen molar-refractivity contribution in [3.63, 3.8) is 0 Å². The first-order valence-corrected chi connectivity index (χ1v) is 10.4. The maximum atomic E-state index is 12.4. The molecule has 2 heterocycles. The van der Waals surface area contributed by atoms with Gasteiger partial charge in [-0.2, -0.15) is 0 Å². The van der Waals surface area contributed by atoms with Gasteiger partial charge in [-0.05, 0) is 49.2 Å². The van der Waals surface area contributed by atoms with Crippen molar-refractivity contribution in [3.8, 4) is 11.5 Å². The van der Waals surface area contributed by atoms with E-state index in [1.165, 1.54) is 0 Å². The molecule has 3 aromatic rings. The molecule has 0 atom stereocenters. The highest BCUT2D eigenvalue weighted by atomic mass is 32.2. The molecule has 4 rings (SSSR count). The molecule has 2 aromatic carbocycles. The molecule has 0 bridgehead atoms. The summed E-state index contributed by atoms with van der Waals surface area (Å²) in [6.45, 7) is 5.56. The third-order valence-corrected chi connectivity index (χ3v) is 5.73. The Balaban J connectivity index is 1.31. The molecule has 0 fully saturated rings. The molecule has 8 heteroatoms. The summed E-state index contributed by atoms with van der Waals surface area (Å²) in [6, 6.07) is 13.3. The number of fused-ring (bicyclic) bond motifs is 1. The number of benzene rings is 2. The van der Waals surface area contributed by atoms with Crippen molar-refractivity contribution in [3.05, 3.63) is 65.0 Å². The SMILES string of the molecule is CCn1c(C)nnc1SCc1ccc(C(=O)NCc2ccc3c(c2)OCO3)cc1. The quantitative estimate of drug-likeness (QED) is 0.600. The lowest BCUT2D eigenvalue weighted by molar-refractivity contribution is 0.0951. The minimum atomic E-state index is -0.108. The number of aryl methyl sites for hydroxylation is 1.